The van der Waals surface area contributed by atoms with Gasteiger partial charge < -0.3 is 9.64 Å². The van der Waals surface area contributed by atoms with Crippen molar-refractivity contribution in [3.63, 3.8) is 0 Å². The minimum absolute atomic E-state index is 0.188. The zero-order valence-electron chi connectivity index (χ0n) is 17.0. The van der Waals surface area contributed by atoms with Gasteiger partial charge in [0.15, 0.2) is 0 Å². The number of benzene rings is 2. The fraction of sp³-hybridized carbons (Fsp3) is 0.435. The lowest BCUT2D eigenvalue weighted by Gasteiger charge is -2.55. The Labute approximate surface area is 162 Å². The molecule has 0 bridgehead atoms. The second-order valence-corrected chi connectivity index (χ2v) is 8.67. The lowest BCUT2D eigenvalue weighted by molar-refractivity contribution is -0.0564. The van der Waals surface area contributed by atoms with Crippen LogP contribution in [0.3, 0.4) is 0 Å². The number of hydrogen-bond donors (Lipinski definition) is 0. The van der Waals surface area contributed by atoms with E-state index < -0.39 is 5.60 Å². The van der Waals surface area contributed by atoms with Gasteiger partial charge in [-0.05, 0) is 38.8 Å². The summed E-state index contributed by atoms with van der Waals surface area (Å²) in [5.41, 5.74) is 1.82. The molecule has 4 heteroatoms. The van der Waals surface area contributed by atoms with Crippen molar-refractivity contribution in [1.82, 2.24) is 9.80 Å². The molecule has 0 N–H and O–H groups in total. The molecule has 1 amide bonds. The first-order valence-electron chi connectivity index (χ1n) is 9.50. The fourth-order valence-corrected chi connectivity index (χ4v) is 3.66. The maximum Gasteiger partial charge on any atom is 0.410 e. The van der Waals surface area contributed by atoms with E-state index in [9.17, 15) is 4.79 Å². The van der Waals surface area contributed by atoms with Gasteiger partial charge in [-0.2, -0.15) is 0 Å². The first-order valence-corrected chi connectivity index (χ1v) is 9.50. The molecule has 0 spiro atoms. The number of nitrogens with zero attached hydrogens (tertiary/aromatic N) is 2. The van der Waals surface area contributed by atoms with E-state index in [0.29, 0.717) is 0 Å². The van der Waals surface area contributed by atoms with E-state index in [1.807, 2.05) is 40.0 Å². The molecule has 3 rings (SSSR count). The van der Waals surface area contributed by atoms with E-state index in [1.54, 1.807) is 4.90 Å². The van der Waals surface area contributed by atoms with Crippen LogP contribution in [-0.4, -0.2) is 47.2 Å². The van der Waals surface area contributed by atoms with Crippen LogP contribution in [0.2, 0.25) is 0 Å². The average molecular weight is 367 g/mol. The highest BCUT2D eigenvalue weighted by Gasteiger charge is 2.48. The molecule has 144 valence electrons. The van der Waals surface area contributed by atoms with E-state index >= 15 is 0 Å². The van der Waals surface area contributed by atoms with Crippen molar-refractivity contribution in [3.8, 4) is 0 Å². The molecule has 1 aliphatic heterocycles. The first-order chi connectivity index (χ1) is 12.7. The number of hydrogen-bond acceptors (Lipinski definition) is 3. The number of likely N-dealkylation sites (N-methyl/N-ethyl adjacent to an activating group) is 1. The molecule has 0 atom stereocenters. The molecule has 2 aromatic carbocycles. The van der Waals surface area contributed by atoms with Crippen LogP contribution in [0.5, 0.6) is 0 Å². The molecule has 0 saturated carbocycles. The Morgan fingerprint density at radius 2 is 1.44 bits per heavy atom. The minimum Gasteiger partial charge on any atom is -0.444 e. The van der Waals surface area contributed by atoms with E-state index in [1.165, 1.54) is 11.1 Å². The molecule has 0 aliphatic carbocycles. The van der Waals surface area contributed by atoms with Crippen LogP contribution < -0.4 is 0 Å². The van der Waals surface area contributed by atoms with Crippen molar-refractivity contribution >= 4 is 6.09 Å². The summed E-state index contributed by atoms with van der Waals surface area (Å²) >= 11 is 0. The highest BCUT2D eigenvalue weighted by molar-refractivity contribution is 5.69. The molecule has 4 nitrogen and oxygen atoms in total. The zero-order valence-corrected chi connectivity index (χ0v) is 17.0. The molecule has 0 radical (unpaired) electrons. The molecular formula is C23H30N2O2. The van der Waals surface area contributed by atoms with Gasteiger partial charge in [0.2, 0.25) is 0 Å². The quantitative estimate of drug-likeness (QED) is 0.785. The number of rotatable bonds is 4. The Morgan fingerprint density at radius 1 is 1.00 bits per heavy atom. The SMILES string of the molecule is CN(C(=O)OC(C)(C)C)C1(C)CN(C(c2ccccc2)c2ccccc2)C1. The van der Waals surface area contributed by atoms with E-state index in [-0.39, 0.29) is 17.7 Å². The standard InChI is InChI=1S/C23H30N2O2/c1-22(2,3)27-21(26)24(5)23(4)16-25(17-23)20(18-12-8-6-9-13-18)19-14-10-7-11-15-19/h6-15,20H,16-17H2,1-5H3. The van der Waals surface area contributed by atoms with Gasteiger partial charge in [0, 0.05) is 20.1 Å². The third-order valence-corrected chi connectivity index (χ3v) is 5.16. The summed E-state index contributed by atoms with van der Waals surface area (Å²) < 4.78 is 5.56. The van der Waals surface area contributed by atoms with Gasteiger partial charge in [0.1, 0.15) is 5.60 Å². The van der Waals surface area contributed by atoms with Crippen LogP contribution in [0, 0.1) is 0 Å². The summed E-state index contributed by atoms with van der Waals surface area (Å²) in [5, 5.41) is 0. The van der Waals surface area contributed by atoms with Gasteiger partial charge in [-0.3, -0.25) is 4.90 Å². The van der Waals surface area contributed by atoms with Crippen molar-refractivity contribution in [1.29, 1.82) is 0 Å². The summed E-state index contributed by atoms with van der Waals surface area (Å²) in [4.78, 5) is 16.7. The molecule has 0 unspecified atom stereocenters. The molecule has 1 saturated heterocycles. The Balaban J connectivity index is 1.77. The van der Waals surface area contributed by atoms with Crippen molar-refractivity contribution in [2.24, 2.45) is 0 Å². The Hall–Kier alpha value is -2.33. The lowest BCUT2D eigenvalue weighted by Crippen LogP contribution is -2.69. The van der Waals surface area contributed by atoms with Gasteiger partial charge in [-0.25, -0.2) is 4.79 Å². The number of carbonyl (C=O) groups is 1. The number of ether oxygens (including phenoxy) is 1. The van der Waals surface area contributed by atoms with Gasteiger partial charge in [0.25, 0.3) is 0 Å². The highest BCUT2D eigenvalue weighted by atomic mass is 16.6. The fourth-order valence-electron chi connectivity index (χ4n) is 3.66. The van der Waals surface area contributed by atoms with Crippen LogP contribution in [0.1, 0.15) is 44.9 Å². The molecular weight excluding hydrogens is 336 g/mol. The monoisotopic (exact) mass is 366 g/mol. The lowest BCUT2D eigenvalue weighted by atomic mass is 9.85. The summed E-state index contributed by atoms with van der Waals surface area (Å²) in [6.45, 7) is 9.42. The van der Waals surface area contributed by atoms with Crippen molar-refractivity contribution in [2.45, 2.75) is 44.9 Å². The number of carbonyl (C=O) groups excluding carboxylic acids is 1. The highest BCUT2D eigenvalue weighted by Crippen LogP contribution is 2.38. The molecule has 1 heterocycles. The van der Waals surface area contributed by atoms with Crippen molar-refractivity contribution < 1.29 is 9.53 Å². The average Bonchev–Trinajstić information content (AvgIpc) is 2.60. The largest absolute Gasteiger partial charge is 0.444 e. The van der Waals surface area contributed by atoms with Crippen LogP contribution in [0.15, 0.2) is 60.7 Å². The summed E-state index contributed by atoms with van der Waals surface area (Å²) in [6.07, 6.45) is -0.263. The summed E-state index contributed by atoms with van der Waals surface area (Å²) in [6, 6.07) is 21.3. The molecule has 1 fully saturated rings. The van der Waals surface area contributed by atoms with Crippen molar-refractivity contribution in [2.75, 3.05) is 20.1 Å². The third kappa shape index (κ3) is 4.33. The Bertz CT molecular complexity index is 722. The van der Waals surface area contributed by atoms with Crippen LogP contribution in [0.4, 0.5) is 4.79 Å². The van der Waals surface area contributed by atoms with Gasteiger partial charge in [-0.1, -0.05) is 60.7 Å². The zero-order chi connectivity index (χ0) is 19.7. The van der Waals surface area contributed by atoms with Gasteiger partial charge in [-0.15, -0.1) is 0 Å². The topological polar surface area (TPSA) is 32.8 Å². The van der Waals surface area contributed by atoms with E-state index in [4.69, 9.17) is 4.74 Å². The van der Waals surface area contributed by atoms with Gasteiger partial charge >= 0.3 is 6.09 Å². The third-order valence-electron chi connectivity index (χ3n) is 5.16. The second-order valence-electron chi connectivity index (χ2n) is 8.67. The van der Waals surface area contributed by atoms with E-state index in [2.05, 4.69) is 60.4 Å². The maximum atomic E-state index is 12.5. The van der Waals surface area contributed by atoms with Crippen LogP contribution >= 0.6 is 0 Å². The smallest absolute Gasteiger partial charge is 0.410 e. The molecule has 0 aromatic heterocycles. The first kappa shape index (κ1) is 19.4. The predicted octanol–water partition coefficient (Wildman–Crippen LogP) is 4.72. The molecule has 1 aliphatic rings. The Morgan fingerprint density at radius 3 is 1.85 bits per heavy atom. The summed E-state index contributed by atoms with van der Waals surface area (Å²) in [7, 11) is 1.84. The molecule has 2 aromatic rings. The van der Waals surface area contributed by atoms with E-state index in [0.717, 1.165) is 13.1 Å². The van der Waals surface area contributed by atoms with Crippen LogP contribution in [0.25, 0.3) is 0 Å². The minimum atomic E-state index is -0.484. The number of likely N-dealkylation sites (tertiary alicyclic amines) is 1. The summed E-state index contributed by atoms with van der Waals surface area (Å²) in [5.74, 6) is 0. The molecule has 27 heavy (non-hydrogen) atoms. The predicted molar refractivity (Wildman–Crippen MR) is 109 cm³/mol. The maximum absolute atomic E-state index is 12.5. The number of amides is 1. The second kappa shape index (κ2) is 7.35. The van der Waals surface area contributed by atoms with Gasteiger partial charge in [0.05, 0.1) is 11.6 Å². The normalized spacial score (nSPS) is 16.7. The van der Waals surface area contributed by atoms with Crippen LogP contribution in [-0.2, 0) is 4.74 Å². The van der Waals surface area contributed by atoms with Crippen molar-refractivity contribution in [3.05, 3.63) is 71.8 Å². The Kier molecular flexibility index (Phi) is 5.29.